The minimum absolute atomic E-state index is 0.200. The van der Waals surface area contributed by atoms with E-state index in [4.69, 9.17) is 0 Å². The van der Waals surface area contributed by atoms with Crippen LogP contribution in [0, 0.1) is 0 Å². The third-order valence-corrected chi connectivity index (χ3v) is 5.60. The van der Waals surface area contributed by atoms with Crippen LogP contribution in [0.4, 0.5) is 13.2 Å². The summed E-state index contributed by atoms with van der Waals surface area (Å²) in [6, 6.07) is 14.1. The molecule has 0 radical (unpaired) electrons. The second-order valence-corrected chi connectivity index (χ2v) is 8.32. The molecule has 0 aliphatic rings. The normalized spacial score (nSPS) is 11.5. The summed E-state index contributed by atoms with van der Waals surface area (Å²) in [6.45, 7) is 2.23. The Labute approximate surface area is 194 Å². The van der Waals surface area contributed by atoms with Crippen molar-refractivity contribution in [3.05, 3.63) is 77.6 Å². The first-order chi connectivity index (χ1) is 15.9. The van der Waals surface area contributed by atoms with E-state index in [0.717, 1.165) is 36.0 Å². The van der Waals surface area contributed by atoms with Gasteiger partial charge in [-0.3, -0.25) is 0 Å². The predicted molar refractivity (Wildman–Crippen MR) is 125 cm³/mol. The van der Waals surface area contributed by atoms with E-state index in [1.807, 2.05) is 36.7 Å². The number of aryl methyl sites for hydroxylation is 3. The maximum atomic E-state index is 12.3. The topological polar surface area (TPSA) is 35.0 Å². The van der Waals surface area contributed by atoms with Crippen molar-refractivity contribution in [3.8, 4) is 17.1 Å². The molecule has 0 unspecified atom stereocenters. The summed E-state index contributed by atoms with van der Waals surface area (Å²) in [5.74, 6) is 0.516. The van der Waals surface area contributed by atoms with E-state index in [-0.39, 0.29) is 5.75 Å². The Balaban J connectivity index is 1.46. The first-order valence-corrected chi connectivity index (χ1v) is 11.7. The van der Waals surface area contributed by atoms with Crippen LogP contribution in [0.2, 0.25) is 0 Å². The number of ether oxygens (including phenoxy) is 1. The number of alkyl halides is 3. The molecule has 1 heterocycles. The molecule has 0 N–H and O–H groups in total. The van der Waals surface area contributed by atoms with Gasteiger partial charge < -0.3 is 4.74 Å². The molecule has 0 bridgehead atoms. The molecule has 3 nitrogen and oxygen atoms in total. The number of unbranched alkanes of at least 4 members (excludes halogenated alkanes) is 5. The van der Waals surface area contributed by atoms with Crippen LogP contribution in [-0.2, 0) is 19.3 Å². The second kappa shape index (κ2) is 12.4. The third kappa shape index (κ3) is 8.87. The number of nitrogens with zero attached hydrogens (tertiary/aromatic N) is 2. The van der Waals surface area contributed by atoms with Crippen LogP contribution in [0.25, 0.3) is 11.4 Å². The van der Waals surface area contributed by atoms with Crippen LogP contribution in [0.1, 0.15) is 62.1 Å². The lowest BCUT2D eigenvalue weighted by Gasteiger charge is -2.09. The summed E-state index contributed by atoms with van der Waals surface area (Å²) in [5.41, 5.74) is 4.25. The third-order valence-electron chi connectivity index (χ3n) is 5.60. The first kappa shape index (κ1) is 24.7. The maximum absolute atomic E-state index is 12.3. The Bertz CT molecular complexity index is 953. The van der Waals surface area contributed by atoms with Gasteiger partial charge in [-0.1, -0.05) is 75.4 Å². The Hall–Kier alpha value is -2.89. The second-order valence-electron chi connectivity index (χ2n) is 8.32. The number of hydrogen-bond acceptors (Lipinski definition) is 3. The zero-order valence-corrected chi connectivity index (χ0v) is 19.1. The van der Waals surface area contributed by atoms with E-state index in [9.17, 15) is 13.2 Å². The average Bonchev–Trinajstić information content (AvgIpc) is 2.81. The molecule has 0 saturated heterocycles. The van der Waals surface area contributed by atoms with Crippen molar-refractivity contribution < 1.29 is 17.9 Å². The molecular formula is C27H31F3N2O. The zero-order chi connectivity index (χ0) is 23.5. The number of hydrogen-bond donors (Lipinski definition) is 0. The van der Waals surface area contributed by atoms with Crippen LogP contribution < -0.4 is 4.74 Å². The Morgan fingerprint density at radius 1 is 0.667 bits per heavy atom. The van der Waals surface area contributed by atoms with Gasteiger partial charge in [0.15, 0.2) is 5.82 Å². The molecule has 0 atom stereocenters. The number of rotatable bonds is 12. The van der Waals surface area contributed by atoms with Crippen molar-refractivity contribution >= 4 is 0 Å². The van der Waals surface area contributed by atoms with Gasteiger partial charge in [0.05, 0.1) is 0 Å². The van der Waals surface area contributed by atoms with E-state index in [0.29, 0.717) is 5.82 Å². The van der Waals surface area contributed by atoms with E-state index >= 15 is 0 Å². The molecule has 0 aliphatic heterocycles. The molecule has 0 fully saturated rings. The highest BCUT2D eigenvalue weighted by atomic mass is 19.4. The van der Waals surface area contributed by atoms with Crippen molar-refractivity contribution in [2.45, 2.75) is 71.1 Å². The largest absolute Gasteiger partial charge is 0.573 e. The molecule has 3 rings (SSSR count). The molecule has 2 aromatic carbocycles. The minimum atomic E-state index is -4.67. The summed E-state index contributed by atoms with van der Waals surface area (Å²) >= 11 is 0. The summed E-state index contributed by atoms with van der Waals surface area (Å²) in [7, 11) is 0. The molecule has 0 amide bonds. The number of benzene rings is 2. The Kier molecular flexibility index (Phi) is 9.28. The van der Waals surface area contributed by atoms with Gasteiger partial charge in [0, 0.05) is 18.0 Å². The molecule has 0 aliphatic carbocycles. The van der Waals surface area contributed by atoms with Crippen molar-refractivity contribution in [2.75, 3.05) is 0 Å². The van der Waals surface area contributed by atoms with Gasteiger partial charge in [-0.15, -0.1) is 13.2 Å². The van der Waals surface area contributed by atoms with Crippen LogP contribution >= 0.6 is 0 Å². The fourth-order valence-electron chi connectivity index (χ4n) is 3.71. The van der Waals surface area contributed by atoms with Gasteiger partial charge in [-0.2, -0.15) is 0 Å². The highest BCUT2D eigenvalue weighted by Crippen LogP contribution is 2.23. The maximum Gasteiger partial charge on any atom is 0.573 e. The van der Waals surface area contributed by atoms with Gasteiger partial charge in [0.2, 0.25) is 0 Å². The van der Waals surface area contributed by atoms with Gasteiger partial charge in [-0.05, 0) is 54.5 Å². The smallest absolute Gasteiger partial charge is 0.406 e. The number of halogens is 3. The molecule has 33 heavy (non-hydrogen) atoms. The van der Waals surface area contributed by atoms with Gasteiger partial charge in [-0.25, -0.2) is 9.97 Å². The molecule has 0 saturated carbocycles. The lowest BCUT2D eigenvalue weighted by molar-refractivity contribution is -0.274. The zero-order valence-electron chi connectivity index (χ0n) is 19.1. The lowest BCUT2D eigenvalue weighted by atomic mass is 10.0. The van der Waals surface area contributed by atoms with E-state index in [2.05, 4.69) is 21.6 Å². The van der Waals surface area contributed by atoms with Crippen molar-refractivity contribution in [1.82, 2.24) is 9.97 Å². The van der Waals surface area contributed by atoms with E-state index in [1.54, 1.807) is 12.1 Å². The summed E-state index contributed by atoms with van der Waals surface area (Å²) < 4.78 is 40.7. The van der Waals surface area contributed by atoms with Gasteiger partial charge >= 0.3 is 6.36 Å². The van der Waals surface area contributed by atoms with Gasteiger partial charge in [0.25, 0.3) is 0 Å². The molecular weight excluding hydrogens is 425 g/mol. The monoisotopic (exact) mass is 456 g/mol. The Morgan fingerprint density at radius 3 is 1.79 bits per heavy atom. The van der Waals surface area contributed by atoms with Gasteiger partial charge in [0.1, 0.15) is 5.75 Å². The average molecular weight is 457 g/mol. The van der Waals surface area contributed by atoms with Crippen molar-refractivity contribution in [3.63, 3.8) is 0 Å². The molecule has 176 valence electrons. The molecule has 6 heteroatoms. The first-order valence-electron chi connectivity index (χ1n) is 11.7. The lowest BCUT2D eigenvalue weighted by Crippen LogP contribution is -2.17. The quantitative estimate of drug-likeness (QED) is 0.262. The fourth-order valence-corrected chi connectivity index (χ4v) is 3.71. The van der Waals surface area contributed by atoms with Crippen LogP contribution in [-0.4, -0.2) is 16.3 Å². The molecule has 0 spiro atoms. The number of aromatic nitrogens is 2. The molecule has 1 aromatic heterocycles. The highest BCUT2D eigenvalue weighted by Gasteiger charge is 2.30. The van der Waals surface area contributed by atoms with E-state index < -0.39 is 6.36 Å². The van der Waals surface area contributed by atoms with Crippen molar-refractivity contribution in [2.24, 2.45) is 0 Å². The summed E-state index contributed by atoms with van der Waals surface area (Å²) in [6.07, 6.45) is 9.39. The fraction of sp³-hybridized carbons (Fsp3) is 0.407. The van der Waals surface area contributed by atoms with Crippen LogP contribution in [0.3, 0.4) is 0 Å². The van der Waals surface area contributed by atoms with Crippen LogP contribution in [0.15, 0.2) is 60.9 Å². The van der Waals surface area contributed by atoms with Crippen LogP contribution in [0.5, 0.6) is 5.75 Å². The van der Waals surface area contributed by atoms with Crippen molar-refractivity contribution in [1.29, 1.82) is 0 Å². The standard InChI is InChI=1S/C27H31F3N2O/c1-2-3-4-5-6-7-8-23-19-31-26(32-20-23)24-15-11-21(12-16-24)9-10-22-13-17-25(18-14-22)33-27(28,29)30/h11-20H,2-10H2,1H3. The summed E-state index contributed by atoms with van der Waals surface area (Å²) in [4.78, 5) is 9.06. The highest BCUT2D eigenvalue weighted by molar-refractivity contribution is 5.55. The Morgan fingerprint density at radius 2 is 1.21 bits per heavy atom. The predicted octanol–water partition coefficient (Wildman–Crippen LogP) is 7.73. The minimum Gasteiger partial charge on any atom is -0.406 e. The molecule has 3 aromatic rings. The SMILES string of the molecule is CCCCCCCCc1cnc(-c2ccc(CCc3ccc(OC(F)(F)F)cc3)cc2)nc1. The summed E-state index contributed by atoms with van der Waals surface area (Å²) in [5, 5.41) is 0. The van der Waals surface area contributed by atoms with E-state index in [1.165, 1.54) is 56.2 Å².